The summed E-state index contributed by atoms with van der Waals surface area (Å²) in [6.45, 7) is 19.3. The molecule has 222 valence electrons. The molecule has 2 aliphatic rings. The van der Waals surface area contributed by atoms with Crippen LogP contribution in [-0.4, -0.2) is 58.2 Å². The van der Waals surface area contributed by atoms with Crippen LogP contribution in [0.5, 0.6) is 11.8 Å². The number of hydrogen-bond acceptors (Lipinski definition) is 8. The number of fused-ring (bicyclic) bond motifs is 2. The Balaban J connectivity index is 0.000000583. The summed E-state index contributed by atoms with van der Waals surface area (Å²) in [5.74, 6) is 0.296. The average molecular weight is 563 g/mol. The van der Waals surface area contributed by atoms with Crippen LogP contribution in [0.2, 0.25) is 0 Å². The lowest BCUT2D eigenvalue weighted by molar-refractivity contribution is -0.113. The molecule has 1 atom stereocenters. The van der Waals surface area contributed by atoms with E-state index in [1.54, 1.807) is 6.07 Å². The molecule has 5 N–H and O–H groups in total. The zero-order chi connectivity index (χ0) is 30.4. The number of anilines is 2. The van der Waals surface area contributed by atoms with E-state index in [1.807, 2.05) is 38.1 Å². The lowest BCUT2D eigenvalue weighted by atomic mass is 10.0. The molecule has 0 spiro atoms. The van der Waals surface area contributed by atoms with Gasteiger partial charge in [-0.3, -0.25) is 9.69 Å². The summed E-state index contributed by atoms with van der Waals surface area (Å²) in [4.78, 5) is 23.3. The molecule has 1 saturated heterocycles. The molecular weight excluding hydrogens is 516 g/mol. The first-order chi connectivity index (χ1) is 19.9. The fourth-order valence-corrected chi connectivity index (χ4v) is 4.99. The molecule has 0 aliphatic carbocycles. The van der Waals surface area contributed by atoms with Crippen LogP contribution in [0, 0.1) is 0 Å². The summed E-state index contributed by atoms with van der Waals surface area (Å²) < 4.78 is 5.93. The molecule has 0 unspecified atom stereocenters. The van der Waals surface area contributed by atoms with Crippen LogP contribution >= 0.6 is 0 Å². The second-order valence-corrected chi connectivity index (χ2v) is 9.51. The zero-order valence-corrected chi connectivity index (χ0v) is 24.8. The first kappa shape index (κ1) is 33.1. The Morgan fingerprint density at radius 3 is 2.56 bits per heavy atom. The molecule has 9 heteroatoms. The smallest absolute Gasteiger partial charge is 0.318 e. The number of nitrogens with zero attached hydrogens (tertiary/aromatic N) is 4. The van der Waals surface area contributed by atoms with E-state index >= 15 is 0 Å². The summed E-state index contributed by atoms with van der Waals surface area (Å²) in [6, 6.07) is 12.7. The van der Waals surface area contributed by atoms with Gasteiger partial charge in [-0.1, -0.05) is 51.1 Å². The number of aromatic nitrogens is 2. The lowest BCUT2D eigenvalue weighted by Crippen LogP contribution is -2.40. The molecule has 9 nitrogen and oxygen atoms in total. The maximum absolute atomic E-state index is 10.3. The quantitative estimate of drug-likeness (QED) is 0.275. The van der Waals surface area contributed by atoms with Crippen molar-refractivity contribution in [1.82, 2.24) is 14.9 Å². The molecule has 3 heterocycles. The fraction of sp³-hybridized carbons (Fsp3) is 0.406. The number of phenols is 1. The molecule has 0 saturated carbocycles. The van der Waals surface area contributed by atoms with E-state index in [2.05, 4.69) is 53.2 Å². The topological polar surface area (TPSA) is 131 Å². The first-order valence-corrected chi connectivity index (χ1v) is 14.3. The summed E-state index contributed by atoms with van der Waals surface area (Å²) in [5.41, 5.74) is 13.7. The van der Waals surface area contributed by atoms with Gasteiger partial charge in [0, 0.05) is 41.8 Å². The summed E-state index contributed by atoms with van der Waals surface area (Å²) in [7, 11) is 0. The van der Waals surface area contributed by atoms with Gasteiger partial charge in [0.25, 0.3) is 0 Å². The minimum Gasteiger partial charge on any atom is -0.508 e. The van der Waals surface area contributed by atoms with Gasteiger partial charge in [-0.25, -0.2) is 0 Å². The molecule has 2 aromatic carbocycles. The molecule has 5 rings (SSSR count). The van der Waals surface area contributed by atoms with Crippen LogP contribution in [0.1, 0.15) is 51.3 Å². The van der Waals surface area contributed by atoms with Gasteiger partial charge in [-0.05, 0) is 50.3 Å². The van der Waals surface area contributed by atoms with E-state index < -0.39 is 5.91 Å². The number of phenolic OH excluding ortho intramolecular Hbond substituents is 1. The molecule has 1 amide bonds. The van der Waals surface area contributed by atoms with E-state index in [4.69, 9.17) is 15.5 Å². The Bertz CT molecular complexity index is 1280. The summed E-state index contributed by atoms with van der Waals surface area (Å²) in [5, 5.41) is 12.4. The molecule has 1 fully saturated rings. The Morgan fingerprint density at radius 2 is 1.88 bits per heavy atom. The number of hydrogen-bond donors (Lipinski definition) is 3. The van der Waals surface area contributed by atoms with E-state index in [0.29, 0.717) is 31.0 Å². The molecule has 1 aromatic heterocycles. The second-order valence-electron chi connectivity index (χ2n) is 9.51. The zero-order valence-electron chi connectivity index (χ0n) is 24.8. The van der Waals surface area contributed by atoms with Gasteiger partial charge in [0.2, 0.25) is 5.91 Å². The van der Waals surface area contributed by atoms with Crippen LogP contribution in [0.25, 0.3) is 10.8 Å². The highest BCUT2D eigenvalue weighted by Crippen LogP contribution is 2.35. The number of carbonyl (C=O) groups is 1. The number of benzene rings is 2. The summed E-state index contributed by atoms with van der Waals surface area (Å²) >= 11 is 0. The summed E-state index contributed by atoms with van der Waals surface area (Å²) in [6.07, 6.45) is 5.64. The van der Waals surface area contributed by atoms with Crippen molar-refractivity contribution in [3.8, 4) is 11.8 Å². The molecular formula is C32H46N6O3. The number of likely N-dealkylation sites (tertiary alicyclic amines) is 1. The van der Waals surface area contributed by atoms with Gasteiger partial charge in [0.15, 0.2) is 0 Å². The van der Waals surface area contributed by atoms with Gasteiger partial charge in [0.05, 0.1) is 12.2 Å². The third kappa shape index (κ3) is 9.21. The van der Waals surface area contributed by atoms with Crippen molar-refractivity contribution in [2.45, 2.75) is 59.0 Å². The molecule has 0 bridgehead atoms. The van der Waals surface area contributed by atoms with Gasteiger partial charge in [0.1, 0.15) is 18.2 Å². The van der Waals surface area contributed by atoms with Crippen molar-refractivity contribution in [2.75, 3.05) is 36.9 Å². The molecule has 2 aliphatic heterocycles. The number of piperidine rings is 1. The van der Waals surface area contributed by atoms with Crippen molar-refractivity contribution in [2.24, 2.45) is 5.73 Å². The second kappa shape index (κ2) is 16.9. The highest BCUT2D eigenvalue weighted by Gasteiger charge is 2.24. The number of aromatic hydroxyl groups is 1. The van der Waals surface area contributed by atoms with Crippen LogP contribution in [0.15, 0.2) is 62.2 Å². The Morgan fingerprint density at radius 1 is 1.17 bits per heavy atom. The maximum atomic E-state index is 10.3. The number of nitrogens with two attached hydrogens (primary N) is 2. The van der Waals surface area contributed by atoms with E-state index in [1.165, 1.54) is 19.3 Å². The third-order valence-electron chi connectivity index (χ3n) is 6.99. The third-order valence-corrected chi connectivity index (χ3v) is 6.99. The van der Waals surface area contributed by atoms with Gasteiger partial charge >= 0.3 is 6.01 Å². The lowest BCUT2D eigenvalue weighted by Gasteiger charge is -2.33. The monoisotopic (exact) mass is 562 g/mol. The van der Waals surface area contributed by atoms with Crippen LogP contribution in [0.3, 0.4) is 0 Å². The number of rotatable bonds is 6. The minimum absolute atomic E-state index is 0.266. The van der Waals surface area contributed by atoms with Crippen LogP contribution < -0.4 is 21.1 Å². The largest absolute Gasteiger partial charge is 0.508 e. The van der Waals surface area contributed by atoms with Crippen molar-refractivity contribution in [3.05, 3.63) is 73.5 Å². The van der Waals surface area contributed by atoms with Gasteiger partial charge < -0.3 is 26.2 Å². The minimum atomic E-state index is -0.481. The Labute approximate surface area is 244 Å². The van der Waals surface area contributed by atoms with Crippen molar-refractivity contribution in [3.63, 3.8) is 0 Å². The fourth-order valence-electron chi connectivity index (χ4n) is 4.99. The van der Waals surface area contributed by atoms with Crippen LogP contribution in [-0.2, 0) is 17.8 Å². The number of nitrogen functional groups attached to an aromatic ring is 1. The van der Waals surface area contributed by atoms with E-state index in [9.17, 15) is 9.90 Å². The van der Waals surface area contributed by atoms with Gasteiger partial charge in [-0.2, -0.15) is 9.97 Å². The predicted molar refractivity (Wildman–Crippen MR) is 169 cm³/mol. The number of amides is 1. The highest BCUT2D eigenvalue weighted by atomic mass is 16.5. The standard InChI is InChI=1S/C25H31N5O2.C3H5NO.C2H6.C2H4/c1-17-6-4-5-10-29(17)12-13-32-25-27-22-16-30(11-9-21(22)24(26)28-25)23-15-19(31)14-18-7-2-3-8-20(18)23;1-2-3(4)5;2*1-2/h2-3,7-8,14-15,17,31H,4-6,9-13,16H2,1H3,(H2,26,27,28);2H,1H2,(H2,4,5);1-2H3;1-2H2/t17-;;;/m0.../s1. The number of carbonyl (C=O) groups excluding carboxylic acids is 1. The van der Waals surface area contributed by atoms with Crippen LogP contribution in [0.4, 0.5) is 11.5 Å². The SMILES string of the molecule is C=C.C=CC(N)=O.CC.C[C@H]1CCCCN1CCOc1nc(N)c2c(n1)CN(c1cc(O)cc3ccccc13)CC2. The molecule has 3 aromatic rings. The molecule has 41 heavy (non-hydrogen) atoms. The van der Waals surface area contributed by atoms with Crippen molar-refractivity contribution >= 4 is 28.2 Å². The molecule has 0 radical (unpaired) electrons. The van der Waals surface area contributed by atoms with Crippen molar-refractivity contribution in [1.29, 1.82) is 0 Å². The number of ether oxygens (including phenoxy) is 1. The highest BCUT2D eigenvalue weighted by molar-refractivity contribution is 5.95. The van der Waals surface area contributed by atoms with E-state index in [0.717, 1.165) is 59.8 Å². The van der Waals surface area contributed by atoms with Gasteiger partial charge in [-0.15, -0.1) is 13.2 Å². The first-order valence-electron chi connectivity index (χ1n) is 14.3. The van der Waals surface area contributed by atoms with Crippen molar-refractivity contribution < 1.29 is 14.6 Å². The maximum Gasteiger partial charge on any atom is 0.318 e. The Kier molecular flexibility index (Phi) is 13.6. The predicted octanol–water partition coefficient (Wildman–Crippen LogP) is 5.22. The normalized spacial score (nSPS) is 16.0. The Hall–Kier alpha value is -4.11. The average Bonchev–Trinajstić information content (AvgIpc) is 2.99. The number of primary amides is 1. The van der Waals surface area contributed by atoms with E-state index in [-0.39, 0.29) is 5.75 Å².